The first-order valence-electron chi connectivity index (χ1n) is 6.32. The standard InChI is InChI=1S/C13H25NO2/c1-10(2)5-6-11(3)14-8-7-13(4,9-14)12(15)16/h10-11H,5-9H2,1-4H3,(H,15,16). The summed E-state index contributed by atoms with van der Waals surface area (Å²) in [7, 11) is 0. The fraction of sp³-hybridized carbons (Fsp3) is 0.923. The SMILES string of the molecule is CC(C)CCC(C)N1CCC(C)(C(=O)O)C1. The van der Waals surface area contributed by atoms with E-state index in [1.54, 1.807) is 0 Å². The van der Waals surface area contributed by atoms with Crippen molar-refractivity contribution in [1.82, 2.24) is 4.90 Å². The Morgan fingerprint density at radius 3 is 2.44 bits per heavy atom. The van der Waals surface area contributed by atoms with Crippen molar-refractivity contribution in [2.24, 2.45) is 11.3 Å². The van der Waals surface area contributed by atoms with Crippen molar-refractivity contribution in [3.8, 4) is 0 Å². The van der Waals surface area contributed by atoms with E-state index < -0.39 is 11.4 Å². The van der Waals surface area contributed by atoms with Crippen molar-refractivity contribution in [3.63, 3.8) is 0 Å². The number of likely N-dealkylation sites (tertiary alicyclic amines) is 1. The van der Waals surface area contributed by atoms with E-state index in [9.17, 15) is 4.79 Å². The third-order valence-electron chi connectivity index (χ3n) is 3.80. The molecule has 2 unspecified atom stereocenters. The number of hydrogen-bond donors (Lipinski definition) is 1. The summed E-state index contributed by atoms with van der Waals surface area (Å²) in [6, 6.07) is 0.517. The Labute approximate surface area is 98.8 Å². The molecule has 0 radical (unpaired) electrons. The van der Waals surface area contributed by atoms with Gasteiger partial charge in [-0.1, -0.05) is 13.8 Å². The summed E-state index contributed by atoms with van der Waals surface area (Å²) in [5.74, 6) is 0.0852. The van der Waals surface area contributed by atoms with Gasteiger partial charge in [0.15, 0.2) is 0 Å². The molecule has 0 aliphatic carbocycles. The van der Waals surface area contributed by atoms with Crippen molar-refractivity contribution in [2.45, 2.75) is 53.0 Å². The molecule has 0 aromatic carbocycles. The van der Waals surface area contributed by atoms with Gasteiger partial charge in [-0.2, -0.15) is 0 Å². The van der Waals surface area contributed by atoms with Crippen LogP contribution in [0.5, 0.6) is 0 Å². The monoisotopic (exact) mass is 227 g/mol. The largest absolute Gasteiger partial charge is 0.481 e. The predicted molar refractivity (Wildman–Crippen MR) is 65.5 cm³/mol. The van der Waals surface area contributed by atoms with Crippen LogP contribution in [-0.2, 0) is 4.79 Å². The van der Waals surface area contributed by atoms with Crippen LogP contribution in [0.4, 0.5) is 0 Å². The lowest BCUT2D eigenvalue weighted by molar-refractivity contribution is -0.147. The maximum atomic E-state index is 11.1. The first kappa shape index (κ1) is 13.5. The van der Waals surface area contributed by atoms with Gasteiger partial charge in [-0.3, -0.25) is 9.69 Å². The second-order valence-corrected chi connectivity index (χ2v) is 5.91. The van der Waals surface area contributed by atoms with Crippen molar-refractivity contribution >= 4 is 5.97 Å². The lowest BCUT2D eigenvalue weighted by Crippen LogP contribution is -2.36. The van der Waals surface area contributed by atoms with Crippen LogP contribution in [0.1, 0.15) is 47.0 Å². The molecule has 3 heteroatoms. The fourth-order valence-corrected chi connectivity index (χ4v) is 2.30. The van der Waals surface area contributed by atoms with Crippen LogP contribution >= 0.6 is 0 Å². The molecule has 1 N–H and O–H groups in total. The molecule has 16 heavy (non-hydrogen) atoms. The molecule has 3 nitrogen and oxygen atoms in total. The number of carboxylic acids is 1. The molecule has 0 bridgehead atoms. The molecule has 1 heterocycles. The summed E-state index contributed by atoms with van der Waals surface area (Å²) >= 11 is 0. The van der Waals surface area contributed by atoms with Gasteiger partial charge in [0.1, 0.15) is 0 Å². The number of rotatable bonds is 5. The molecule has 1 aliphatic heterocycles. The molecular weight excluding hydrogens is 202 g/mol. The molecule has 0 saturated carbocycles. The molecular formula is C13H25NO2. The zero-order valence-electron chi connectivity index (χ0n) is 11.0. The molecule has 2 atom stereocenters. The van der Waals surface area contributed by atoms with Crippen LogP contribution in [0.15, 0.2) is 0 Å². The van der Waals surface area contributed by atoms with E-state index in [1.165, 1.54) is 12.8 Å². The van der Waals surface area contributed by atoms with Crippen LogP contribution in [0.2, 0.25) is 0 Å². The summed E-state index contributed by atoms with van der Waals surface area (Å²) in [6.45, 7) is 10.2. The minimum absolute atomic E-state index is 0.517. The van der Waals surface area contributed by atoms with E-state index in [0.717, 1.165) is 18.9 Å². The van der Waals surface area contributed by atoms with Crippen LogP contribution < -0.4 is 0 Å². The maximum absolute atomic E-state index is 11.1. The number of carbonyl (C=O) groups is 1. The molecule has 94 valence electrons. The van der Waals surface area contributed by atoms with Gasteiger partial charge < -0.3 is 5.11 Å². The highest BCUT2D eigenvalue weighted by Crippen LogP contribution is 2.32. The average Bonchev–Trinajstić information content (AvgIpc) is 2.59. The third-order valence-corrected chi connectivity index (χ3v) is 3.80. The van der Waals surface area contributed by atoms with E-state index >= 15 is 0 Å². The minimum atomic E-state index is -0.647. The smallest absolute Gasteiger partial charge is 0.310 e. The van der Waals surface area contributed by atoms with Crippen LogP contribution in [0.25, 0.3) is 0 Å². The highest BCUT2D eigenvalue weighted by atomic mass is 16.4. The van der Waals surface area contributed by atoms with Crippen LogP contribution in [0, 0.1) is 11.3 Å². The van der Waals surface area contributed by atoms with E-state index in [4.69, 9.17) is 5.11 Å². The van der Waals surface area contributed by atoms with Gasteiger partial charge in [0.05, 0.1) is 5.41 Å². The van der Waals surface area contributed by atoms with Crippen LogP contribution in [-0.4, -0.2) is 35.1 Å². The summed E-state index contributed by atoms with van der Waals surface area (Å²) in [4.78, 5) is 13.5. The van der Waals surface area contributed by atoms with E-state index in [1.807, 2.05) is 6.92 Å². The number of aliphatic carboxylic acids is 1. The van der Waals surface area contributed by atoms with Gasteiger partial charge >= 0.3 is 5.97 Å². The predicted octanol–water partition coefficient (Wildman–Crippen LogP) is 2.61. The second kappa shape index (κ2) is 5.17. The summed E-state index contributed by atoms with van der Waals surface area (Å²) in [5, 5.41) is 9.16. The van der Waals surface area contributed by atoms with Crippen molar-refractivity contribution < 1.29 is 9.90 Å². The number of nitrogens with zero attached hydrogens (tertiary/aromatic N) is 1. The van der Waals surface area contributed by atoms with Gasteiger partial charge in [0.2, 0.25) is 0 Å². The summed E-state index contributed by atoms with van der Waals surface area (Å²) in [5.41, 5.74) is -0.522. The first-order chi connectivity index (χ1) is 7.35. The van der Waals surface area contributed by atoms with Crippen molar-refractivity contribution in [2.75, 3.05) is 13.1 Å². The van der Waals surface area contributed by atoms with Gasteiger partial charge in [0.25, 0.3) is 0 Å². The molecule has 0 aromatic heterocycles. The second-order valence-electron chi connectivity index (χ2n) is 5.91. The van der Waals surface area contributed by atoms with Gasteiger partial charge in [-0.15, -0.1) is 0 Å². The maximum Gasteiger partial charge on any atom is 0.310 e. The average molecular weight is 227 g/mol. The number of carboxylic acid groups (broad SMARTS) is 1. The third kappa shape index (κ3) is 3.21. The van der Waals surface area contributed by atoms with Gasteiger partial charge in [0, 0.05) is 12.6 Å². The first-order valence-corrected chi connectivity index (χ1v) is 6.32. The van der Waals surface area contributed by atoms with E-state index in [-0.39, 0.29) is 0 Å². The zero-order chi connectivity index (χ0) is 12.3. The Kier molecular flexibility index (Phi) is 4.36. The minimum Gasteiger partial charge on any atom is -0.481 e. The van der Waals surface area contributed by atoms with Gasteiger partial charge in [-0.05, 0) is 45.6 Å². The van der Waals surface area contributed by atoms with E-state index in [2.05, 4.69) is 25.7 Å². The lowest BCUT2D eigenvalue weighted by atomic mass is 9.90. The van der Waals surface area contributed by atoms with Crippen molar-refractivity contribution in [3.05, 3.63) is 0 Å². The normalized spacial score (nSPS) is 28.6. The molecule has 1 aliphatic rings. The Bertz CT molecular complexity index is 252. The molecule has 0 amide bonds. The molecule has 1 rings (SSSR count). The Morgan fingerprint density at radius 2 is 2.00 bits per heavy atom. The number of hydrogen-bond acceptors (Lipinski definition) is 2. The zero-order valence-corrected chi connectivity index (χ0v) is 11.0. The van der Waals surface area contributed by atoms with Gasteiger partial charge in [-0.25, -0.2) is 0 Å². The molecule has 1 saturated heterocycles. The molecule has 0 aromatic rings. The fourth-order valence-electron chi connectivity index (χ4n) is 2.30. The Hall–Kier alpha value is -0.570. The highest BCUT2D eigenvalue weighted by Gasteiger charge is 2.41. The quantitative estimate of drug-likeness (QED) is 0.785. The highest BCUT2D eigenvalue weighted by molar-refractivity contribution is 5.74. The summed E-state index contributed by atoms with van der Waals surface area (Å²) < 4.78 is 0. The molecule has 1 fully saturated rings. The topological polar surface area (TPSA) is 40.5 Å². The van der Waals surface area contributed by atoms with E-state index in [0.29, 0.717) is 12.6 Å². The molecule has 0 spiro atoms. The Morgan fingerprint density at radius 1 is 1.38 bits per heavy atom. The Balaban J connectivity index is 2.43. The van der Waals surface area contributed by atoms with Crippen LogP contribution in [0.3, 0.4) is 0 Å². The lowest BCUT2D eigenvalue weighted by Gasteiger charge is -2.26. The van der Waals surface area contributed by atoms with Crippen molar-refractivity contribution in [1.29, 1.82) is 0 Å². The summed E-state index contributed by atoms with van der Waals surface area (Å²) in [6.07, 6.45) is 3.18.